The molecule has 6 heteroatoms. The number of amides is 3. The Morgan fingerprint density at radius 3 is 2.48 bits per heavy atom. The fourth-order valence-electron chi connectivity index (χ4n) is 2.88. The van der Waals surface area contributed by atoms with Gasteiger partial charge in [0.05, 0.1) is 6.10 Å². The highest BCUT2D eigenvalue weighted by molar-refractivity contribution is 5.92. The lowest BCUT2D eigenvalue weighted by Gasteiger charge is -2.21. The first-order valence-electron chi connectivity index (χ1n) is 9.07. The Labute approximate surface area is 149 Å². The smallest absolute Gasteiger partial charge is 0.319 e. The van der Waals surface area contributed by atoms with Crippen LogP contribution in [-0.2, 0) is 9.53 Å². The van der Waals surface area contributed by atoms with Gasteiger partial charge in [0.25, 0.3) is 0 Å². The van der Waals surface area contributed by atoms with E-state index in [9.17, 15) is 9.59 Å². The summed E-state index contributed by atoms with van der Waals surface area (Å²) in [5, 5.41) is 5.61. The minimum absolute atomic E-state index is 0.0334. The fraction of sp³-hybridized carbons (Fsp3) is 0.579. The third kappa shape index (κ3) is 6.74. The summed E-state index contributed by atoms with van der Waals surface area (Å²) in [5.41, 5.74) is 1.48. The first-order valence-corrected chi connectivity index (χ1v) is 9.07. The second-order valence-electron chi connectivity index (χ2n) is 6.49. The van der Waals surface area contributed by atoms with Crippen molar-refractivity contribution >= 4 is 23.3 Å². The molecule has 1 aliphatic rings. The van der Waals surface area contributed by atoms with Crippen molar-refractivity contribution in [3.8, 4) is 0 Å². The number of ether oxygens (including phenoxy) is 1. The Balaban J connectivity index is 1.62. The molecular formula is C19H29N3O3. The van der Waals surface area contributed by atoms with Crippen LogP contribution in [0.3, 0.4) is 0 Å². The first-order chi connectivity index (χ1) is 12.1. The Morgan fingerprint density at radius 1 is 1.16 bits per heavy atom. The van der Waals surface area contributed by atoms with E-state index >= 15 is 0 Å². The molecule has 25 heavy (non-hydrogen) atoms. The topological polar surface area (TPSA) is 70.7 Å². The molecule has 0 bridgehead atoms. The monoisotopic (exact) mass is 347 g/mol. The van der Waals surface area contributed by atoms with Crippen molar-refractivity contribution in [2.24, 2.45) is 0 Å². The summed E-state index contributed by atoms with van der Waals surface area (Å²) in [4.78, 5) is 24.7. The van der Waals surface area contributed by atoms with Gasteiger partial charge in [-0.3, -0.25) is 4.79 Å². The number of hydrogen-bond acceptors (Lipinski definition) is 3. The highest BCUT2D eigenvalue weighted by Gasteiger charge is 2.13. The summed E-state index contributed by atoms with van der Waals surface area (Å²) in [6.07, 6.45) is 7.43. The predicted octanol–water partition coefficient (Wildman–Crippen LogP) is 3.53. The van der Waals surface area contributed by atoms with E-state index in [-0.39, 0.29) is 11.9 Å². The average Bonchev–Trinajstić information content (AvgIpc) is 2.62. The number of carbonyl (C=O) groups excluding carboxylic acids is 2. The summed E-state index contributed by atoms with van der Waals surface area (Å²) < 4.78 is 5.83. The van der Waals surface area contributed by atoms with E-state index in [1.54, 1.807) is 36.2 Å². The normalized spacial score (nSPS) is 14.8. The van der Waals surface area contributed by atoms with Crippen LogP contribution in [0.4, 0.5) is 16.2 Å². The van der Waals surface area contributed by atoms with E-state index < -0.39 is 0 Å². The van der Waals surface area contributed by atoms with Crippen LogP contribution in [0.25, 0.3) is 0 Å². The van der Waals surface area contributed by atoms with Gasteiger partial charge >= 0.3 is 6.03 Å². The molecule has 1 aliphatic carbocycles. The van der Waals surface area contributed by atoms with Crippen LogP contribution >= 0.6 is 0 Å². The molecule has 0 aromatic heterocycles. The Hall–Kier alpha value is -2.08. The van der Waals surface area contributed by atoms with Crippen LogP contribution in [0.15, 0.2) is 24.3 Å². The lowest BCUT2D eigenvalue weighted by Crippen LogP contribution is -2.30. The molecule has 2 rings (SSSR count). The zero-order valence-corrected chi connectivity index (χ0v) is 15.2. The Kier molecular flexibility index (Phi) is 7.73. The number of nitrogens with one attached hydrogen (secondary N) is 2. The van der Waals surface area contributed by atoms with Gasteiger partial charge in [-0.05, 0) is 43.5 Å². The molecule has 0 heterocycles. The standard InChI is InChI=1S/C19H29N3O3/c1-15(23)22(2)17-11-9-16(10-12-17)21-19(24)20-13-6-14-25-18-7-4-3-5-8-18/h9-12,18H,3-8,13-14H2,1-2H3,(H2,20,21,24). The largest absolute Gasteiger partial charge is 0.378 e. The van der Waals surface area contributed by atoms with Gasteiger partial charge in [-0.1, -0.05) is 19.3 Å². The van der Waals surface area contributed by atoms with Crippen molar-refractivity contribution in [2.75, 3.05) is 30.4 Å². The maximum atomic E-state index is 11.9. The molecule has 0 spiro atoms. The van der Waals surface area contributed by atoms with Crippen molar-refractivity contribution in [2.45, 2.75) is 51.6 Å². The molecule has 6 nitrogen and oxygen atoms in total. The minimum atomic E-state index is -0.231. The maximum Gasteiger partial charge on any atom is 0.319 e. The van der Waals surface area contributed by atoms with Crippen LogP contribution in [0.1, 0.15) is 45.4 Å². The zero-order valence-electron chi connectivity index (χ0n) is 15.2. The van der Waals surface area contributed by atoms with Crippen molar-refractivity contribution in [3.63, 3.8) is 0 Å². The molecule has 3 amide bonds. The molecule has 1 saturated carbocycles. The summed E-state index contributed by atoms with van der Waals surface area (Å²) in [5.74, 6) is -0.0334. The number of nitrogens with zero attached hydrogens (tertiary/aromatic N) is 1. The van der Waals surface area contributed by atoms with Crippen LogP contribution in [0.2, 0.25) is 0 Å². The van der Waals surface area contributed by atoms with Crippen LogP contribution < -0.4 is 15.5 Å². The van der Waals surface area contributed by atoms with Crippen LogP contribution in [0.5, 0.6) is 0 Å². The molecule has 0 unspecified atom stereocenters. The van der Waals surface area contributed by atoms with E-state index in [1.165, 1.54) is 39.0 Å². The molecule has 1 aromatic carbocycles. The molecule has 0 radical (unpaired) electrons. The second kappa shape index (κ2) is 10.0. The van der Waals surface area contributed by atoms with Crippen molar-refractivity contribution in [3.05, 3.63) is 24.3 Å². The van der Waals surface area contributed by atoms with Gasteiger partial charge < -0.3 is 20.3 Å². The summed E-state index contributed by atoms with van der Waals surface area (Å²) in [7, 11) is 1.72. The SMILES string of the molecule is CC(=O)N(C)c1ccc(NC(=O)NCCCOC2CCCCC2)cc1. The molecule has 0 saturated heterocycles. The summed E-state index contributed by atoms with van der Waals surface area (Å²) in [6, 6.07) is 6.93. The van der Waals surface area contributed by atoms with Gasteiger partial charge in [0.1, 0.15) is 0 Å². The molecule has 2 N–H and O–H groups in total. The summed E-state index contributed by atoms with van der Waals surface area (Å²) >= 11 is 0. The third-order valence-corrected chi connectivity index (χ3v) is 4.50. The van der Waals surface area contributed by atoms with E-state index in [1.807, 2.05) is 0 Å². The minimum Gasteiger partial charge on any atom is -0.378 e. The van der Waals surface area contributed by atoms with Gasteiger partial charge in [-0.2, -0.15) is 0 Å². The number of urea groups is 1. The van der Waals surface area contributed by atoms with Gasteiger partial charge in [0.15, 0.2) is 0 Å². The van der Waals surface area contributed by atoms with E-state index in [0.29, 0.717) is 24.9 Å². The number of hydrogen-bond donors (Lipinski definition) is 2. The fourth-order valence-corrected chi connectivity index (χ4v) is 2.88. The third-order valence-electron chi connectivity index (χ3n) is 4.50. The lowest BCUT2D eigenvalue weighted by molar-refractivity contribution is -0.116. The number of anilines is 2. The molecule has 1 fully saturated rings. The number of benzene rings is 1. The molecular weight excluding hydrogens is 318 g/mol. The average molecular weight is 347 g/mol. The highest BCUT2D eigenvalue weighted by atomic mass is 16.5. The Morgan fingerprint density at radius 2 is 1.84 bits per heavy atom. The molecule has 1 aromatic rings. The van der Waals surface area contributed by atoms with E-state index in [2.05, 4.69) is 10.6 Å². The zero-order chi connectivity index (χ0) is 18.1. The second-order valence-corrected chi connectivity index (χ2v) is 6.49. The quantitative estimate of drug-likeness (QED) is 0.741. The van der Waals surface area contributed by atoms with E-state index in [4.69, 9.17) is 4.74 Å². The van der Waals surface area contributed by atoms with Crippen molar-refractivity contribution in [1.29, 1.82) is 0 Å². The van der Waals surface area contributed by atoms with Gasteiger partial charge in [-0.15, -0.1) is 0 Å². The number of carbonyl (C=O) groups is 2. The maximum absolute atomic E-state index is 11.9. The van der Waals surface area contributed by atoms with Crippen molar-refractivity contribution in [1.82, 2.24) is 5.32 Å². The highest BCUT2D eigenvalue weighted by Crippen LogP contribution is 2.20. The first kappa shape index (κ1) is 19.2. The Bertz CT molecular complexity index is 554. The lowest BCUT2D eigenvalue weighted by atomic mass is 9.98. The summed E-state index contributed by atoms with van der Waals surface area (Å²) in [6.45, 7) is 2.79. The molecule has 138 valence electrons. The van der Waals surface area contributed by atoms with Crippen molar-refractivity contribution < 1.29 is 14.3 Å². The van der Waals surface area contributed by atoms with Gasteiger partial charge in [0.2, 0.25) is 5.91 Å². The predicted molar refractivity (Wildman–Crippen MR) is 100.0 cm³/mol. The van der Waals surface area contributed by atoms with Gasteiger partial charge in [0, 0.05) is 38.5 Å². The van der Waals surface area contributed by atoms with Crippen LogP contribution in [-0.4, -0.2) is 38.2 Å². The van der Waals surface area contributed by atoms with E-state index in [0.717, 1.165) is 12.1 Å². The molecule has 0 aliphatic heterocycles. The van der Waals surface area contributed by atoms with Gasteiger partial charge in [-0.25, -0.2) is 4.79 Å². The van der Waals surface area contributed by atoms with Crippen LogP contribution in [0, 0.1) is 0 Å². The number of rotatable bonds is 7. The molecule has 0 atom stereocenters.